The first-order valence-electron chi connectivity index (χ1n) is 10.5. The van der Waals surface area contributed by atoms with Crippen molar-refractivity contribution in [2.24, 2.45) is 0 Å². The highest BCUT2D eigenvalue weighted by Gasteiger charge is 2.43. The van der Waals surface area contributed by atoms with Gasteiger partial charge in [0.15, 0.2) is 5.78 Å². The Morgan fingerprint density at radius 1 is 1.00 bits per heavy atom. The van der Waals surface area contributed by atoms with Crippen LogP contribution in [0.2, 0.25) is 0 Å². The van der Waals surface area contributed by atoms with E-state index in [1.165, 1.54) is 0 Å². The van der Waals surface area contributed by atoms with E-state index in [-0.39, 0.29) is 5.78 Å². The second-order valence-electron chi connectivity index (χ2n) is 8.46. The number of ketones is 1. The number of aromatic nitrogens is 2. The number of nitrogens with zero attached hydrogens (tertiary/aromatic N) is 3. The summed E-state index contributed by atoms with van der Waals surface area (Å²) in [5.41, 5.74) is 4.48. The van der Waals surface area contributed by atoms with Crippen LogP contribution in [0.3, 0.4) is 0 Å². The molecule has 5 rings (SSSR count). The SMILES string of the molecule is Cc1cc(C)c2c(c1)C(=O)CC1(CCN(c3cc(-c4ccccc4)ncn3)CC1)O2. The van der Waals surface area contributed by atoms with Crippen LogP contribution in [0.1, 0.15) is 40.7 Å². The molecular formula is C25H25N3O2. The Labute approximate surface area is 176 Å². The van der Waals surface area contributed by atoms with Crippen molar-refractivity contribution in [2.75, 3.05) is 18.0 Å². The monoisotopic (exact) mass is 399 g/mol. The van der Waals surface area contributed by atoms with E-state index >= 15 is 0 Å². The van der Waals surface area contributed by atoms with Gasteiger partial charge in [-0.25, -0.2) is 9.97 Å². The number of aryl methyl sites for hydroxylation is 2. The van der Waals surface area contributed by atoms with Gasteiger partial charge in [0.2, 0.25) is 0 Å². The molecule has 0 aliphatic carbocycles. The van der Waals surface area contributed by atoms with Crippen LogP contribution in [0.15, 0.2) is 54.9 Å². The van der Waals surface area contributed by atoms with E-state index < -0.39 is 5.60 Å². The molecule has 0 amide bonds. The van der Waals surface area contributed by atoms with Crippen molar-refractivity contribution >= 4 is 11.6 Å². The van der Waals surface area contributed by atoms with Crippen molar-refractivity contribution < 1.29 is 9.53 Å². The first kappa shape index (κ1) is 18.8. The third kappa shape index (κ3) is 3.34. The van der Waals surface area contributed by atoms with Gasteiger partial charge in [-0.3, -0.25) is 4.79 Å². The average molecular weight is 399 g/mol. The highest BCUT2D eigenvalue weighted by Crippen LogP contribution is 2.42. The number of benzene rings is 2. The third-order valence-electron chi connectivity index (χ3n) is 6.24. The quantitative estimate of drug-likeness (QED) is 0.622. The van der Waals surface area contributed by atoms with E-state index in [2.05, 4.69) is 33.1 Å². The number of piperidine rings is 1. The number of ether oxygens (including phenoxy) is 1. The van der Waals surface area contributed by atoms with Gasteiger partial charge in [-0.1, -0.05) is 36.4 Å². The van der Waals surface area contributed by atoms with Crippen LogP contribution in [-0.4, -0.2) is 34.4 Å². The molecule has 1 spiro atoms. The fourth-order valence-electron chi connectivity index (χ4n) is 4.65. The number of anilines is 1. The smallest absolute Gasteiger partial charge is 0.170 e. The van der Waals surface area contributed by atoms with E-state index in [9.17, 15) is 4.79 Å². The summed E-state index contributed by atoms with van der Waals surface area (Å²) in [6.07, 6.45) is 3.69. The molecule has 2 aliphatic rings. The van der Waals surface area contributed by atoms with E-state index in [0.29, 0.717) is 6.42 Å². The van der Waals surface area contributed by atoms with Crippen LogP contribution in [-0.2, 0) is 0 Å². The minimum absolute atomic E-state index is 0.199. The maximum atomic E-state index is 12.9. The molecule has 0 radical (unpaired) electrons. The Morgan fingerprint density at radius 2 is 1.77 bits per heavy atom. The van der Waals surface area contributed by atoms with Crippen LogP contribution in [0, 0.1) is 13.8 Å². The topological polar surface area (TPSA) is 55.3 Å². The Balaban J connectivity index is 1.35. The summed E-state index contributed by atoms with van der Waals surface area (Å²) in [6, 6.07) is 16.2. The zero-order valence-electron chi connectivity index (χ0n) is 17.4. The maximum absolute atomic E-state index is 12.9. The summed E-state index contributed by atoms with van der Waals surface area (Å²) in [5.74, 6) is 1.90. The van der Waals surface area contributed by atoms with E-state index in [4.69, 9.17) is 4.74 Å². The second kappa shape index (κ2) is 7.24. The summed E-state index contributed by atoms with van der Waals surface area (Å²) >= 11 is 0. The molecule has 0 saturated carbocycles. The normalized spacial score (nSPS) is 17.5. The molecule has 0 atom stereocenters. The predicted octanol–water partition coefficient (Wildman–Crippen LogP) is 4.76. The Hall–Kier alpha value is -3.21. The fraction of sp³-hybridized carbons (Fsp3) is 0.320. The molecule has 152 valence electrons. The van der Waals surface area contributed by atoms with Crippen molar-refractivity contribution in [3.8, 4) is 17.0 Å². The lowest BCUT2D eigenvalue weighted by Gasteiger charge is -2.44. The average Bonchev–Trinajstić information content (AvgIpc) is 2.76. The van der Waals surface area contributed by atoms with Gasteiger partial charge in [-0.2, -0.15) is 0 Å². The molecule has 3 aromatic rings. The molecule has 5 heteroatoms. The molecule has 2 aromatic carbocycles. The van der Waals surface area contributed by atoms with E-state index in [0.717, 1.165) is 65.4 Å². The number of Topliss-reactive ketones (excluding diaryl/α,β-unsaturated/α-hetero) is 1. The summed E-state index contributed by atoms with van der Waals surface area (Å²) in [6.45, 7) is 5.66. The van der Waals surface area contributed by atoms with Gasteiger partial charge in [0, 0.05) is 37.6 Å². The Bertz CT molecular complexity index is 1100. The lowest BCUT2D eigenvalue weighted by Crippen LogP contribution is -2.51. The molecule has 0 N–H and O–H groups in total. The number of carbonyl (C=O) groups excluding carboxylic acids is 1. The number of rotatable bonds is 2. The first-order valence-corrected chi connectivity index (χ1v) is 10.5. The number of hydrogen-bond donors (Lipinski definition) is 0. The van der Waals surface area contributed by atoms with Crippen molar-refractivity contribution in [3.05, 3.63) is 71.5 Å². The van der Waals surface area contributed by atoms with Crippen LogP contribution in [0.4, 0.5) is 5.82 Å². The zero-order chi connectivity index (χ0) is 20.7. The van der Waals surface area contributed by atoms with Crippen molar-refractivity contribution in [1.82, 2.24) is 9.97 Å². The highest BCUT2D eigenvalue weighted by atomic mass is 16.5. The molecule has 1 fully saturated rings. The van der Waals surface area contributed by atoms with Gasteiger partial charge < -0.3 is 9.64 Å². The minimum atomic E-state index is -0.407. The van der Waals surface area contributed by atoms with Crippen LogP contribution >= 0.6 is 0 Å². The third-order valence-corrected chi connectivity index (χ3v) is 6.24. The van der Waals surface area contributed by atoms with Crippen molar-refractivity contribution in [3.63, 3.8) is 0 Å². The molecule has 3 heterocycles. The predicted molar refractivity (Wildman–Crippen MR) is 117 cm³/mol. The lowest BCUT2D eigenvalue weighted by atomic mass is 9.81. The first-order chi connectivity index (χ1) is 14.5. The largest absolute Gasteiger partial charge is 0.486 e. The highest BCUT2D eigenvalue weighted by molar-refractivity contribution is 6.01. The van der Waals surface area contributed by atoms with Gasteiger partial charge in [-0.05, 0) is 31.0 Å². The van der Waals surface area contributed by atoms with E-state index in [1.807, 2.05) is 44.2 Å². The maximum Gasteiger partial charge on any atom is 0.170 e. The standard InChI is InChI=1S/C25H25N3O2/c1-17-12-18(2)24-20(13-17)22(29)15-25(30-24)8-10-28(11-9-25)23-14-21(26-16-27-23)19-6-4-3-5-7-19/h3-7,12-14,16H,8-11,15H2,1-2H3. The number of hydrogen-bond acceptors (Lipinski definition) is 5. The minimum Gasteiger partial charge on any atom is -0.486 e. The van der Waals surface area contributed by atoms with Crippen LogP contribution < -0.4 is 9.64 Å². The van der Waals surface area contributed by atoms with Gasteiger partial charge in [0.1, 0.15) is 23.5 Å². The molecule has 1 saturated heterocycles. The molecular weight excluding hydrogens is 374 g/mol. The summed E-state index contributed by atoms with van der Waals surface area (Å²) in [4.78, 5) is 24.1. The lowest BCUT2D eigenvalue weighted by molar-refractivity contribution is 0.0225. The number of fused-ring (bicyclic) bond motifs is 1. The van der Waals surface area contributed by atoms with Crippen molar-refractivity contribution in [1.29, 1.82) is 0 Å². The van der Waals surface area contributed by atoms with Crippen LogP contribution in [0.5, 0.6) is 5.75 Å². The summed E-state index contributed by atoms with van der Waals surface area (Å²) < 4.78 is 6.51. The molecule has 0 unspecified atom stereocenters. The van der Waals surface area contributed by atoms with Crippen LogP contribution in [0.25, 0.3) is 11.3 Å². The molecule has 30 heavy (non-hydrogen) atoms. The fourth-order valence-corrected chi connectivity index (χ4v) is 4.65. The van der Waals surface area contributed by atoms with E-state index in [1.54, 1.807) is 6.33 Å². The Kier molecular flexibility index (Phi) is 4.54. The van der Waals surface area contributed by atoms with Crippen molar-refractivity contribution in [2.45, 2.75) is 38.7 Å². The Morgan fingerprint density at radius 3 is 2.53 bits per heavy atom. The second-order valence-corrected chi connectivity index (χ2v) is 8.46. The number of carbonyl (C=O) groups is 1. The van der Waals surface area contributed by atoms with Gasteiger partial charge in [0.05, 0.1) is 17.7 Å². The summed E-state index contributed by atoms with van der Waals surface area (Å²) in [5, 5.41) is 0. The molecule has 5 nitrogen and oxygen atoms in total. The van der Waals surface area contributed by atoms with Gasteiger partial charge in [0.25, 0.3) is 0 Å². The molecule has 1 aromatic heterocycles. The van der Waals surface area contributed by atoms with Gasteiger partial charge in [-0.15, -0.1) is 0 Å². The van der Waals surface area contributed by atoms with Gasteiger partial charge >= 0.3 is 0 Å². The zero-order valence-corrected chi connectivity index (χ0v) is 17.4. The molecule has 0 bridgehead atoms. The summed E-state index contributed by atoms with van der Waals surface area (Å²) in [7, 11) is 0. The molecule has 2 aliphatic heterocycles.